The van der Waals surface area contributed by atoms with E-state index >= 15 is 0 Å². The first-order valence-corrected chi connectivity index (χ1v) is 4.74. The van der Waals surface area contributed by atoms with Gasteiger partial charge in [0, 0.05) is 13.0 Å². The van der Waals surface area contributed by atoms with Gasteiger partial charge in [-0.05, 0) is 18.1 Å². The lowest BCUT2D eigenvalue weighted by Gasteiger charge is -2.25. The quantitative estimate of drug-likeness (QED) is 0.777. The van der Waals surface area contributed by atoms with Crippen molar-refractivity contribution in [1.82, 2.24) is 0 Å². The van der Waals surface area contributed by atoms with Gasteiger partial charge in [0.15, 0.2) is 11.5 Å². The number of ether oxygens (including phenoxy) is 2. The first kappa shape index (κ1) is 9.34. The van der Waals surface area contributed by atoms with E-state index in [4.69, 9.17) is 9.47 Å². The molecule has 0 saturated carbocycles. The predicted molar refractivity (Wildman–Crippen MR) is 52.7 cm³/mol. The van der Waals surface area contributed by atoms with Gasteiger partial charge in [0.1, 0.15) is 0 Å². The Bertz CT molecular complexity index is 322. The number of rotatable bonds is 2. The van der Waals surface area contributed by atoms with E-state index in [-0.39, 0.29) is 5.75 Å². The highest BCUT2D eigenvalue weighted by Gasteiger charge is 2.21. The highest BCUT2D eigenvalue weighted by atomic mass is 16.5. The normalized spacial score (nSPS) is 19.9. The number of benzene rings is 1. The zero-order valence-electron chi connectivity index (χ0n) is 8.19. The zero-order chi connectivity index (χ0) is 9.97. The molecule has 0 radical (unpaired) electrons. The first-order valence-electron chi connectivity index (χ1n) is 4.74. The fourth-order valence-corrected chi connectivity index (χ4v) is 1.81. The van der Waals surface area contributed by atoms with Gasteiger partial charge in [-0.25, -0.2) is 0 Å². The van der Waals surface area contributed by atoms with Crippen LogP contribution in [0.5, 0.6) is 11.5 Å². The molecule has 0 fully saturated rings. The second-order valence-electron chi connectivity index (χ2n) is 3.60. The van der Waals surface area contributed by atoms with Gasteiger partial charge in [0.05, 0.1) is 13.2 Å². The van der Waals surface area contributed by atoms with Crippen LogP contribution < -0.4 is 4.74 Å². The molecule has 2 rings (SSSR count). The van der Waals surface area contributed by atoms with Crippen molar-refractivity contribution in [2.75, 3.05) is 20.3 Å². The second-order valence-corrected chi connectivity index (χ2v) is 3.60. The summed E-state index contributed by atoms with van der Waals surface area (Å²) in [7, 11) is 1.69. The van der Waals surface area contributed by atoms with Crippen LogP contribution in [0, 0.1) is 5.92 Å². The Hall–Kier alpha value is -1.22. The van der Waals surface area contributed by atoms with Gasteiger partial charge in [-0.2, -0.15) is 0 Å². The molecule has 14 heavy (non-hydrogen) atoms. The average molecular weight is 194 g/mol. The van der Waals surface area contributed by atoms with Crippen LogP contribution >= 0.6 is 0 Å². The van der Waals surface area contributed by atoms with Gasteiger partial charge in [0.25, 0.3) is 0 Å². The van der Waals surface area contributed by atoms with Crippen LogP contribution in [0.25, 0.3) is 0 Å². The fraction of sp³-hybridized carbons (Fsp3) is 0.455. The van der Waals surface area contributed by atoms with Gasteiger partial charge in [-0.15, -0.1) is 0 Å². The van der Waals surface area contributed by atoms with Gasteiger partial charge in [-0.1, -0.05) is 12.1 Å². The van der Waals surface area contributed by atoms with E-state index in [0.717, 1.165) is 12.0 Å². The molecular weight excluding hydrogens is 180 g/mol. The van der Waals surface area contributed by atoms with Gasteiger partial charge >= 0.3 is 0 Å². The summed E-state index contributed by atoms with van der Waals surface area (Å²) >= 11 is 0. The number of hydrogen-bond acceptors (Lipinski definition) is 3. The van der Waals surface area contributed by atoms with Crippen LogP contribution in [0.2, 0.25) is 0 Å². The molecular formula is C11H14O3. The van der Waals surface area contributed by atoms with E-state index in [1.54, 1.807) is 13.2 Å². The van der Waals surface area contributed by atoms with E-state index in [1.165, 1.54) is 0 Å². The minimum Gasteiger partial charge on any atom is -0.504 e. The maximum Gasteiger partial charge on any atom is 0.164 e. The van der Waals surface area contributed by atoms with Crippen molar-refractivity contribution in [1.29, 1.82) is 0 Å². The summed E-state index contributed by atoms with van der Waals surface area (Å²) in [6, 6.07) is 5.47. The second kappa shape index (κ2) is 3.88. The Morgan fingerprint density at radius 2 is 2.43 bits per heavy atom. The molecule has 1 atom stereocenters. The Kier molecular flexibility index (Phi) is 2.59. The number of phenols is 1. The molecule has 1 aliphatic rings. The largest absolute Gasteiger partial charge is 0.504 e. The van der Waals surface area contributed by atoms with Gasteiger partial charge in [-0.3, -0.25) is 0 Å². The van der Waals surface area contributed by atoms with Crippen molar-refractivity contribution in [2.24, 2.45) is 5.92 Å². The van der Waals surface area contributed by atoms with Crippen molar-refractivity contribution in [3.63, 3.8) is 0 Å². The first-order chi connectivity index (χ1) is 6.81. The maximum atomic E-state index is 9.52. The van der Waals surface area contributed by atoms with E-state index in [1.807, 2.05) is 12.1 Å². The Labute approximate surface area is 83.3 Å². The standard InChI is InChI=1S/C11H14O3/c1-13-6-8-5-9-3-2-4-10(12)11(9)14-7-8/h2-4,8,12H,5-7H2,1H3. The van der Waals surface area contributed by atoms with Gasteiger partial charge < -0.3 is 14.6 Å². The SMILES string of the molecule is COCC1COc2c(O)cccc2C1. The predicted octanol–water partition coefficient (Wildman–Crippen LogP) is 1.59. The molecule has 1 aliphatic heterocycles. The summed E-state index contributed by atoms with van der Waals surface area (Å²) in [6.07, 6.45) is 0.914. The number of aromatic hydroxyl groups is 1. The van der Waals surface area contributed by atoms with Crippen molar-refractivity contribution in [3.8, 4) is 11.5 Å². The lowest BCUT2D eigenvalue weighted by atomic mass is 9.97. The topological polar surface area (TPSA) is 38.7 Å². The maximum absolute atomic E-state index is 9.52. The van der Waals surface area contributed by atoms with Crippen molar-refractivity contribution in [2.45, 2.75) is 6.42 Å². The van der Waals surface area contributed by atoms with Crippen LogP contribution in [0.4, 0.5) is 0 Å². The number of fused-ring (bicyclic) bond motifs is 1. The highest BCUT2D eigenvalue weighted by Crippen LogP contribution is 2.35. The number of phenolic OH excluding ortho intramolecular Hbond substituents is 1. The lowest BCUT2D eigenvalue weighted by Crippen LogP contribution is -2.24. The molecule has 0 saturated heterocycles. The van der Waals surface area contributed by atoms with E-state index in [2.05, 4.69) is 0 Å². The number of methoxy groups -OCH3 is 1. The van der Waals surface area contributed by atoms with E-state index in [9.17, 15) is 5.11 Å². The third-order valence-corrected chi connectivity index (χ3v) is 2.45. The van der Waals surface area contributed by atoms with Crippen molar-refractivity contribution >= 4 is 0 Å². The third kappa shape index (κ3) is 1.68. The zero-order valence-corrected chi connectivity index (χ0v) is 8.19. The molecule has 0 aromatic heterocycles. The van der Waals surface area contributed by atoms with Crippen LogP contribution in [0.15, 0.2) is 18.2 Å². The summed E-state index contributed by atoms with van der Waals surface area (Å²) < 4.78 is 10.6. The molecule has 0 aliphatic carbocycles. The minimum atomic E-state index is 0.235. The molecule has 1 aromatic rings. The summed E-state index contributed by atoms with van der Waals surface area (Å²) in [4.78, 5) is 0. The van der Waals surface area contributed by atoms with Crippen molar-refractivity contribution in [3.05, 3.63) is 23.8 Å². The average Bonchev–Trinajstić information content (AvgIpc) is 2.18. The summed E-state index contributed by atoms with van der Waals surface area (Å²) in [6.45, 7) is 1.33. The van der Waals surface area contributed by atoms with E-state index in [0.29, 0.717) is 24.9 Å². The monoisotopic (exact) mass is 194 g/mol. The molecule has 1 heterocycles. The summed E-state index contributed by atoms with van der Waals surface area (Å²) in [5.41, 5.74) is 1.07. The Morgan fingerprint density at radius 1 is 1.57 bits per heavy atom. The van der Waals surface area contributed by atoms with Crippen LogP contribution in [0.1, 0.15) is 5.56 Å². The molecule has 76 valence electrons. The van der Waals surface area contributed by atoms with Crippen LogP contribution in [-0.4, -0.2) is 25.4 Å². The van der Waals surface area contributed by atoms with Crippen LogP contribution in [-0.2, 0) is 11.2 Å². The molecule has 1 N–H and O–H groups in total. The minimum absolute atomic E-state index is 0.235. The third-order valence-electron chi connectivity index (χ3n) is 2.45. The fourth-order valence-electron chi connectivity index (χ4n) is 1.81. The number of para-hydroxylation sites is 1. The summed E-state index contributed by atoms with van der Waals surface area (Å²) in [5.74, 6) is 1.27. The smallest absolute Gasteiger partial charge is 0.164 e. The molecule has 0 bridgehead atoms. The van der Waals surface area contributed by atoms with Gasteiger partial charge in [0.2, 0.25) is 0 Å². The van der Waals surface area contributed by atoms with Crippen molar-refractivity contribution < 1.29 is 14.6 Å². The highest BCUT2D eigenvalue weighted by molar-refractivity contribution is 5.46. The molecule has 3 nitrogen and oxygen atoms in total. The molecule has 0 amide bonds. The lowest BCUT2D eigenvalue weighted by molar-refractivity contribution is 0.106. The molecule has 0 spiro atoms. The Balaban J connectivity index is 2.18. The van der Waals surface area contributed by atoms with E-state index < -0.39 is 0 Å². The molecule has 1 aromatic carbocycles. The Morgan fingerprint density at radius 3 is 3.21 bits per heavy atom. The molecule has 3 heteroatoms. The number of hydrogen-bond donors (Lipinski definition) is 1. The molecule has 1 unspecified atom stereocenters. The van der Waals surface area contributed by atoms with Crippen LogP contribution in [0.3, 0.4) is 0 Å². The summed E-state index contributed by atoms with van der Waals surface area (Å²) in [5, 5.41) is 9.52.